The zero-order valence-electron chi connectivity index (χ0n) is 18.5. The summed E-state index contributed by atoms with van der Waals surface area (Å²) in [6.45, 7) is 3.03. The third-order valence-electron chi connectivity index (χ3n) is 6.62. The second-order valence-electron chi connectivity index (χ2n) is 9.06. The van der Waals surface area contributed by atoms with Gasteiger partial charge in [-0.1, -0.05) is 12.8 Å². The van der Waals surface area contributed by atoms with Gasteiger partial charge in [-0.2, -0.15) is 0 Å². The van der Waals surface area contributed by atoms with Crippen LogP contribution < -0.4 is 5.32 Å². The van der Waals surface area contributed by atoms with Crippen LogP contribution in [0.2, 0.25) is 0 Å². The van der Waals surface area contributed by atoms with E-state index in [0.29, 0.717) is 48.0 Å². The Bertz CT molecular complexity index is 1190. The molecule has 1 N–H and O–H groups in total. The molecule has 2 aliphatic rings. The number of aromatic nitrogens is 3. The number of ketones is 1. The van der Waals surface area contributed by atoms with Crippen LogP contribution in [0.15, 0.2) is 29.9 Å². The monoisotopic (exact) mass is 467 g/mol. The van der Waals surface area contributed by atoms with Gasteiger partial charge in [0.25, 0.3) is 5.91 Å². The number of nitrogens with one attached hydrogen (secondary N) is 1. The molecule has 9 heteroatoms. The molecule has 4 heterocycles. The number of anilines is 1. The number of carbonyl (C=O) groups is 2. The van der Waals surface area contributed by atoms with E-state index in [2.05, 4.69) is 20.3 Å². The number of hydrogen-bond donors (Lipinski definition) is 1. The summed E-state index contributed by atoms with van der Waals surface area (Å²) in [4.78, 5) is 40.4. The molecule has 0 spiro atoms. The molecule has 172 valence electrons. The highest BCUT2D eigenvalue weighted by Crippen LogP contribution is 2.32. The zero-order chi connectivity index (χ0) is 22.9. The van der Waals surface area contributed by atoms with Crippen LogP contribution in [0.1, 0.15) is 61.1 Å². The zero-order valence-corrected chi connectivity index (χ0v) is 19.3. The predicted octanol–water partition coefficient (Wildman–Crippen LogP) is 4.62. The Morgan fingerprint density at radius 1 is 1.24 bits per heavy atom. The first kappa shape index (κ1) is 21.9. The van der Waals surface area contributed by atoms with Crippen LogP contribution in [0.25, 0.3) is 10.2 Å². The number of fused-ring (bicyclic) bond motifs is 1. The standard InChI is InChI=1S/C24H26FN5O2S/c1-14(17-9-18(25)11-26-10-17)27-24-28-19-6-7-33-22(19)21(29-24)23(32)30-12-15(13-30)8-20(31)16-4-2-3-5-16/h6-7,9-11,14-16H,2-5,8,12-13H2,1H3,(H,27,28,29)/t14-/m0/s1. The highest BCUT2D eigenvalue weighted by atomic mass is 32.1. The minimum Gasteiger partial charge on any atom is -0.348 e. The first-order chi connectivity index (χ1) is 16.0. The number of amides is 1. The van der Waals surface area contributed by atoms with Crippen molar-refractivity contribution in [3.63, 3.8) is 0 Å². The van der Waals surface area contributed by atoms with E-state index in [1.165, 1.54) is 17.4 Å². The van der Waals surface area contributed by atoms with Gasteiger partial charge in [0, 0.05) is 37.5 Å². The average molecular weight is 468 g/mol. The summed E-state index contributed by atoms with van der Waals surface area (Å²) >= 11 is 1.43. The quantitative estimate of drug-likeness (QED) is 0.546. The number of halogens is 1. The van der Waals surface area contributed by atoms with E-state index in [9.17, 15) is 14.0 Å². The summed E-state index contributed by atoms with van der Waals surface area (Å²) in [5.74, 6) is 0.587. The Morgan fingerprint density at radius 2 is 2.03 bits per heavy atom. The SMILES string of the molecule is C[C@H](Nc1nc(C(=O)N2CC(CC(=O)C3CCCC3)C2)c2sccc2n1)c1cncc(F)c1. The van der Waals surface area contributed by atoms with Gasteiger partial charge in [-0.25, -0.2) is 14.4 Å². The van der Waals surface area contributed by atoms with E-state index in [0.717, 1.165) is 36.6 Å². The van der Waals surface area contributed by atoms with Crippen LogP contribution in [0.5, 0.6) is 0 Å². The van der Waals surface area contributed by atoms with Crippen molar-refractivity contribution in [3.8, 4) is 0 Å². The fourth-order valence-electron chi connectivity index (χ4n) is 4.73. The number of likely N-dealkylation sites (tertiary alicyclic amines) is 1. The minimum atomic E-state index is -0.412. The van der Waals surface area contributed by atoms with Gasteiger partial charge in [0.05, 0.1) is 22.5 Å². The predicted molar refractivity (Wildman–Crippen MR) is 125 cm³/mol. The van der Waals surface area contributed by atoms with E-state index in [4.69, 9.17) is 0 Å². The van der Waals surface area contributed by atoms with Crippen molar-refractivity contribution in [1.29, 1.82) is 0 Å². The van der Waals surface area contributed by atoms with Crippen LogP contribution in [-0.4, -0.2) is 44.6 Å². The molecule has 0 unspecified atom stereocenters. The highest BCUT2D eigenvalue weighted by molar-refractivity contribution is 7.17. The number of Topliss-reactive ketones (excluding diaryl/α,β-unsaturated/α-hetero) is 1. The third-order valence-corrected chi connectivity index (χ3v) is 7.53. The van der Waals surface area contributed by atoms with E-state index >= 15 is 0 Å². The van der Waals surface area contributed by atoms with E-state index in [-0.39, 0.29) is 23.8 Å². The molecular formula is C24H26FN5O2S. The van der Waals surface area contributed by atoms with E-state index < -0.39 is 5.82 Å². The van der Waals surface area contributed by atoms with Crippen molar-refractivity contribution >= 4 is 39.2 Å². The number of thiophene rings is 1. The van der Waals surface area contributed by atoms with Crippen molar-refractivity contribution in [2.24, 2.45) is 11.8 Å². The van der Waals surface area contributed by atoms with Crippen LogP contribution >= 0.6 is 11.3 Å². The molecule has 0 radical (unpaired) electrons. The van der Waals surface area contributed by atoms with Gasteiger partial charge in [0.1, 0.15) is 11.6 Å². The number of hydrogen-bond acceptors (Lipinski definition) is 7. The molecule has 1 aliphatic heterocycles. The normalized spacial score (nSPS) is 17.8. The first-order valence-electron chi connectivity index (χ1n) is 11.4. The summed E-state index contributed by atoms with van der Waals surface area (Å²) in [6, 6.07) is 2.98. The lowest BCUT2D eigenvalue weighted by Gasteiger charge is -2.39. The van der Waals surface area contributed by atoms with Gasteiger partial charge in [-0.05, 0) is 42.8 Å². The molecule has 3 aromatic heterocycles. The summed E-state index contributed by atoms with van der Waals surface area (Å²) in [6.07, 6.45) is 7.66. The van der Waals surface area contributed by atoms with Crippen molar-refractivity contribution < 1.29 is 14.0 Å². The fourth-order valence-corrected chi connectivity index (χ4v) is 5.54. The Labute approximate surface area is 195 Å². The minimum absolute atomic E-state index is 0.141. The molecule has 3 aromatic rings. The fraction of sp³-hybridized carbons (Fsp3) is 0.458. The second kappa shape index (κ2) is 9.13. The number of carbonyl (C=O) groups excluding carboxylic acids is 2. The molecule has 7 nitrogen and oxygen atoms in total. The molecule has 1 saturated carbocycles. The maximum atomic E-state index is 13.5. The Hall–Kier alpha value is -2.94. The summed E-state index contributed by atoms with van der Waals surface area (Å²) in [5, 5.41) is 5.05. The van der Waals surface area contributed by atoms with Crippen molar-refractivity contribution in [1.82, 2.24) is 19.9 Å². The van der Waals surface area contributed by atoms with Gasteiger partial charge in [0.15, 0.2) is 5.69 Å². The average Bonchev–Trinajstić information content (AvgIpc) is 3.47. The number of rotatable bonds is 7. The maximum Gasteiger partial charge on any atom is 0.274 e. The van der Waals surface area contributed by atoms with Gasteiger partial charge >= 0.3 is 0 Å². The maximum absolute atomic E-state index is 13.5. The molecule has 0 aromatic carbocycles. The Morgan fingerprint density at radius 3 is 2.79 bits per heavy atom. The van der Waals surface area contributed by atoms with Gasteiger partial charge in [-0.15, -0.1) is 11.3 Å². The molecule has 1 atom stereocenters. The highest BCUT2D eigenvalue weighted by Gasteiger charge is 2.36. The van der Waals surface area contributed by atoms with Crippen LogP contribution in [0, 0.1) is 17.7 Å². The summed E-state index contributed by atoms with van der Waals surface area (Å²) in [7, 11) is 0. The van der Waals surface area contributed by atoms with Crippen molar-refractivity contribution in [3.05, 3.63) is 47.0 Å². The van der Waals surface area contributed by atoms with Gasteiger partial charge in [0.2, 0.25) is 5.95 Å². The van der Waals surface area contributed by atoms with Crippen LogP contribution in [0.3, 0.4) is 0 Å². The molecule has 2 fully saturated rings. The summed E-state index contributed by atoms with van der Waals surface area (Å²) < 4.78 is 14.3. The molecule has 1 saturated heterocycles. The lowest BCUT2D eigenvalue weighted by molar-refractivity contribution is -0.124. The van der Waals surface area contributed by atoms with Gasteiger partial charge < -0.3 is 10.2 Å². The van der Waals surface area contributed by atoms with Crippen molar-refractivity contribution in [2.45, 2.75) is 45.1 Å². The number of pyridine rings is 1. The van der Waals surface area contributed by atoms with Gasteiger partial charge in [-0.3, -0.25) is 14.6 Å². The molecule has 1 aliphatic carbocycles. The largest absolute Gasteiger partial charge is 0.348 e. The molecule has 1 amide bonds. The number of nitrogens with zero attached hydrogens (tertiary/aromatic N) is 4. The Kier molecular flexibility index (Phi) is 6.05. The lowest BCUT2D eigenvalue weighted by Crippen LogP contribution is -2.51. The van der Waals surface area contributed by atoms with Crippen LogP contribution in [0.4, 0.5) is 10.3 Å². The molecule has 33 heavy (non-hydrogen) atoms. The Balaban J connectivity index is 1.28. The third kappa shape index (κ3) is 4.59. The second-order valence-corrected chi connectivity index (χ2v) is 9.98. The van der Waals surface area contributed by atoms with E-state index in [1.807, 2.05) is 18.4 Å². The van der Waals surface area contributed by atoms with Crippen molar-refractivity contribution in [2.75, 3.05) is 18.4 Å². The smallest absolute Gasteiger partial charge is 0.274 e. The first-order valence-corrected chi connectivity index (χ1v) is 12.3. The van der Waals surface area contributed by atoms with Crippen LogP contribution in [-0.2, 0) is 4.79 Å². The molecule has 0 bridgehead atoms. The topological polar surface area (TPSA) is 88.1 Å². The lowest BCUT2D eigenvalue weighted by atomic mass is 9.88. The molecule has 5 rings (SSSR count). The van der Waals surface area contributed by atoms with E-state index in [1.54, 1.807) is 11.1 Å². The summed E-state index contributed by atoms with van der Waals surface area (Å²) in [5.41, 5.74) is 1.72. The molecular weight excluding hydrogens is 441 g/mol.